The van der Waals surface area contributed by atoms with Crippen molar-refractivity contribution in [3.05, 3.63) is 36.0 Å². The van der Waals surface area contributed by atoms with Crippen molar-refractivity contribution in [3.8, 4) is 0 Å². The summed E-state index contributed by atoms with van der Waals surface area (Å²) in [5.74, 6) is 0.0405. The van der Waals surface area contributed by atoms with E-state index < -0.39 is 0 Å². The normalized spacial score (nSPS) is 19.9. The Balaban J connectivity index is 0.00000192. The quantitative estimate of drug-likeness (QED) is 0.881. The lowest BCUT2D eigenvalue weighted by Gasteiger charge is -2.38. The Bertz CT molecular complexity index is 714. The number of aromatic nitrogens is 1. The van der Waals surface area contributed by atoms with Crippen molar-refractivity contribution >= 4 is 34.9 Å². The fourth-order valence-electron chi connectivity index (χ4n) is 3.29. The first-order chi connectivity index (χ1) is 10.5. The van der Waals surface area contributed by atoms with Gasteiger partial charge in [-0.3, -0.25) is 9.78 Å². The molecule has 3 rings (SSSR count). The molecule has 1 aromatic heterocycles. The summed E-state index contributed by atoms with van der Waals surface area (Å²) in [6.07, 6.45) is 3.97. The molecular formula is C18H24ClN3O. The Morgan fingerprint density at radius 2 is 2.13 bits per heavy atom. The molecule has 0 saturated carbocycles. The molecule has 1 amide bonds. The molecule has 2 N–H and O–H groups in total. The number of pyridine rings is 1. The number of carbonyl (C=O) groups excluding carboxylic acids is 1. The number of carbonyl (C=O) groups is 1. The van der Waals surface area contributed by atoms with Gasteiger partial charge in [-0.05, 0) is 55.5 Å². The van der Waals surface area contributed by atoms with Gasteiger partial charge in [0.15, 0.2) is 0 Å². The SMILES string of the molecule is Cc1ccc(NC(=O)C2NCCCC2(C)C)c2cccnc12.Cl. The number of benzene rings is 1. The fraction of sp³-hybridized carbons (Fsp3) is 0.444. The van der Waals surface area contributed by atoms with Crippen molar-refractivity contribution < 1.29 is 4.79 Å². The highest BCUT2D eigenvalue weighted by molar-refractivity contribution is 6.03. The van der Waals surface area contributed by atoms with Gasteiger partial charge in [0.25, 0.3) is 0 Å². The molecule has 23 heavy (non-hydrogen) atoms. The smallest absolute Gasteiger partial charge is 0.242 e. The number of rotatable bonds is 2. The summed E-state index contributed by atoms with van der Waals surface area (Å²) < 4.78 is 0. The van der Waals surface area contributed by atoms with Crippen LogP contribution in [0, 0.1) is 12.3 Å². The van der Waals surface area contributed by atoms with Gasteiger partial charge < -0.3 is 10.6 Å². The number of anilines is 1. The molecule has 1 aliphatic rings. The zero-order valence-corrected chi connectivity index (χ0v) is 14.7. The standard InChI is InChI=1S/C18H23N3O.ClH/c1-12-7-8-14(13-6-4-10-19-15(12)13)21-17(22)16-18(2,3)9-5-11-20-16;/h4,6-8,10,16,20H,5,9,11H2,1-3H3,(H,21,22);1H. The van der Waals surface area contributed by atoms with E-state index in [1.165, 1.54) is 0 Å². The summed E-state index contributed by atoms with van der Waals surface area (Å²) in [5.41, 5.74) is 2.86. The molecule has 1 aliphatic heterocycles. The van der Waals surface area contributed by atoms with Crippen LogP contribution in [0.1, 0.15) is 32.3 Å². The second kappa shape index (κ2) is 6.85. The largest absolute Gasteiger partial charge is 0.324 e. The van der Waals surface area contributed by atoms with Gasteiger partial charge in [0.1, 0.15) is 0 Å². The van der Waals surface area contributed by atoms with E-state index in [9.17, 15) is 4.79 Å². The monoisotopic (exact) mass is 333 g/mol. The number of nitrogens with zero attached hydrogens (tertiary/aromatic N) is 1. The summed E-state index contributed by atoms with van der Waals surface area (Å²) in [4.78, 5) is 17.1. The zero-order valence-electron chi connectivity index (χ0n) is 13.8. The van der Waals surface area contributed by atoms with Gasteiger partial charge in [-0.15, -0.1) is 12.4 Å². The van der Waals surface area contributed by atoms with Gasteiger partial charge in [0.05, 0.1) is 17.2 Å². The second-order valence-electron chi connectivity index (χ2n) is 6.80. The number of hydrogen-bond acceptors (Lipinski definition) is 3. The van der Waals surface area contributed by atoms with Gasteiger partial charge in [-0.2, -0.15) is 0 Å². The lowest BCUT2D eigenvalue weighted by atomic mass is 9.77. The highest BCUT2D eigenvalue weighted by Gasteiger charge is 2.37. The van der Waals surface area contributed by atoms with E-state index in [-0.39, 0.29) is 29.8 Å². The van der Waals surface area contributed by atoms with E-state index in [1.807, 2.05) is 31.2 Å². The summed E-state index contributed by atoms with van der Waals surface area (Å²) in [5, 5.41) is 7.45. The van der Waals surface area contributed by atoms with Crippen molar-refractivity contribution in [3.63, 3.8) is 0 Å². The first-order valence-electron chi connectivity index (χ1n) is 7.88. The molecule has 2 heterocycles. The molecule has 0 spiro atoms. The van der Waals surface area contributed by atoms with Gasteiger partial charge >= 0.3 is 0 Å². The maximum atomic E-state index is 12.7. The lowest BCUT2D eigenvalue weighted by Crippen LogP contribution is -2.53. The van der Waals surface area contributed by atoms with E-state index in [4.69, 9.17) is 0 Å². The first kappa shape index (κ1) is 17.7. The van der Waals surface area contributed by atoms with Crippen LogP contribution in [-0.4, -0.2) is 23.5 Å². The number of nitrogens with one attached hydrogen (secondary N) is 2. The van der Waals surface area contributed by atoms with Crippen LogP contribution in [0.5, 0.6) is 0 Å². The molecule has 1 aromatic carbocycles. The second-order valence-corrected chi connectivity index (χ2v) is 6.80. The number of hydrogen-bond donors (Lipinski definition) is 2. The van der Waals surface area contributed by atoms with Crippen molar-refractivity contribution in [2.75, 3.05) is 11.9 Å². The van der Waals surface area contributed by atoms with Crippen LogP contribution in [0.4, 0.5) is 5.69 Å². The maximum absolute atomic E-state index is 12.7. The fourth-order valence-corrected chi connectivity index (χ4v) is 3.29. The molecular weight excluding hydrogens is 310 g/mol. The first-order valence-corrected chi connectivity index (χ1v) is 7.88. The Labute approximate surface area is 143 Å². The third kappa shape index (κ3) is 3.48. The molecule has 1 unspecified atom stereocenters. The van der Waals surface area contributed by atoms with Gasteiger partial charge in [0.2, 0.25) is 5.91 Å². The summed E-state index contributed by atoms with van der Waals surface area (Å²) in [7, 11) is 0. The summed E-state index contributed by atoms with van der Waals surface area (Å²) in [6.45, 7) is 7.24. The van der Waals surface area contributed by atoms with Crippen molar-refractivity contribution in [1.82, 2.24) is 10.3 Å². The van der Waals surface area contributed by atoms with Gasteiger partial charge in [-0.25, -0.2) is 0 Å². The maximum Gasteiger partial charge on any atom is 0.242 e. The average Bonchev–Trinajstić information content (AvgIpc) is 2.50. The third-order valence-corrected chi connectivity index (χ3v) is 4.62. The number of piperidine rings is 1. The van der Waals surface area contributed by atoms with E-state index in [2.05, 4.69) is 29.5 Å². The highest BCUT2D eigenvalue weighted by Crippen LogP contribution is 2.31. The Morgan fingerprint density at radius 1 is 1.35 bits per heavy atom. The molecule has 124 valence electrons. The number of amides is 1. The van der Waals surface area contributed by atoms with Crippen molar-refractivity contribution in [2.24, 2.45) is 5.41 Å². The number of aryl methyl sites for hydroxylation is 1. The molecule has 4 nitrogen and oxygen atoms in total. The van der Waals surface area contributed by atoms with Crippen LogP contribution in [0.2, 0.25) is 0 Å². The van der Waals surface area contributed by atoms with Crippen molar-refractivity contribution in [1.29, 1.82) is 0 Å². The van der Waals surface area contributed by atoms with Gasteiger partial charge in [-0.1, -0.05) is 19.9 Å². The molecule has 0 bridgehead atoms. The van der Waals surface area contributed by atoms with Crippen molar-refractivity contribution in [2.45, 2.75) is 39.7 Å². The minimum absolute atomic E-state index is 0. The number of halogens is 1. The topological polar surface area (TPSA) is 54.0 Å². The van der Waals surface area contributed by atoms with Crippen LogP contribution in [0.25, 0.3) is 10.9 Å². The molecule has 2 aromatic rings. The summed E-state index contributed by atoms with van der Waals surface area (Å²) >= 11 is 0. The predicted molar refractivity (Wildman–Crippen MR) is 97.2 cm³/mol. The van der Waals surface area contributed by atoms with Crippen LogP contribution in [0.15, 0.2) is 30.5 Å². The molecule has 5 heteroatoms. The van der Waals surface area contributed by atoms with E-state index in [0.29, 0.717) is 0 Å². The lowest BCUT2D eigenvalue weighted by molar-refractivity contribution is -0.121. The van der Waals surface area contributed by atoms with Crippen LogP contribution in [-0.2, 0) is 4.79 Å². The molecule has 1 atom stereocenters. The minimum Gasteiger partial charge on any atom is -0.324 e. The number of fused-ring (bicyclic) bond motifs is 1. The molecule has 1 saturated heterocycles. The Morgan fingerprint density at radius 3 is 2.87 bits per heavy atom. The third-order valence-electron chi connectivity index (χ3n) is 4.62. The molecule has 1 fully saturated rings. The molecule has 0 radical (unpaired) electrons. The minimum atomic E-state index is -0.158. The van der Waals surface area contributed by atoms with Crippen LogP contribution >= 0.6 is 12.4 Å². The molecule has 0 aliphatic carbocycles. The van der Waals surface area contributed by atoms with E-state index >= 15 is 0 Å². The highest BCUT2D eigenvalue weighted by atomic mass is 35.5. The van der Waals surface area contributed by atoms with Crippen LogP contribution < -0.4 is 10.6 Å². The van der Waals surface area contributed by atoms with E-state index in [0.717, 1.165) is 41.5 Å². The predicted octanol–water partition coefficient (Wildman–Crippen LogP) is 3.68. The Kier molecular flexibility index (Phi) is 5.27. The summed E-state index contributed by atoms with van der Waals surface area (Å²) in [6, 6.07) is 7.72. The Hall–Kier alpha value is -1.65. The average molecular weight is 334 g/mol. The van der Waals surface area contributed by atoms with Gasteiger partial charge in [0, 0.05) is 11.6 Å². The van der Waals surface area contributed by atoms with Crippen LogP contribution in [0.3, 0.4) is 0 Å². The van der Waals surface area contributed by atoms with E-state index in [1.54, 1.807) is 6.20 Å². The zero-order chi connectivity index (χ0) is 15.7.